The third kappa shape index (κ3) is 1.82. The summed E-state index contributed by atoms with van der Waals surface area (Å²) in [4.78, 5) is 32.9. The van der Waals surface area contributed by atoms with Gasteiger partial charge in [0, 0.05) is 17.5 Å². The molecule has 3 aliphatic carbocycles. The van der Waals surface area contributed by atoms with Gasteiger partial charge in [-0.3, -0.25) is 9.59 Å². The lowest BCUT2D eigenvalue weighted by molar-refractivity contribution is -0.122. The fourth-order valence-corrected chi connectivity index (χ4v) is 5.56. The number of carbonyl (C=O) groups excluding carboxylic acids is 2. The van der Waals surface area contributed by atoms with Crippen molar-refractivity contribution in [2.24, 2.45) is 11.8 Å². The molecule has 136 valence electrons. The Hall–Kier alpha value is -3.27. The Balaban J connectivity index is 1.58. The molecule has 1 aromatic heterocycles. The van der Waals surface area contributed by atoms with Gasteiger partial charge in [0.25, 0.3) is 0 Å². The van der Waals surface area contributed by atoms with Gasteiger partial charge in [0.2, 0.25) is 11.8 Å². The molecule has 0 radical (unpaired) electrons. The summed E-state index contributed by atoms with van der Waals surface area (Å²) in [6.45, 7) is 1.87. The second kappa shape index (κ2) is 5.38. The first kappa shape index (κ1) is 15.8. The highest BCUT2D eigenvalue weighted by atomic mass is 16.2. The lowest BCUT2D eigenvalue weighted by atomic mass is 9.55. The molecule has 4 heteroatoms. The number of hydrogen-bond acceptors (Lipinski definition) is 3. The van der Waals surface area contributed by atoms with Crippen molar-refractivity contribution in [3.05, 3.63) is 94.7 Å². The summed E-state index contributed by atoms with van der Waals surface area (Å²) < 4.78 is 0. The number of hydrogen-bond donors (Lipinski definition) is 0. The second-order valence-electron chi connectivity index (χ2n) is 7.91. The smallest absolute Gasteiger partial charge is 0.239 e. The Bertz CT molecular complexity index is 1050. The number of anilines is 1. The molecule has 2 aromatic carbocycles. The molecule has 28 heavy (non-hydrogen) atoms. The lowest BCUT2D eigenvalue weighted by Gasteiger charge is -2.45. The van der Waals surface area contributed by atoms with Crippen molar-refractivity contribution < 1.29 is 9.59 Å². The van der Waals surface area contributed by atoms with E-state index in [0.29, 0.717) is 5.82 Å². The minimum atomic E-state index is -0.357. The lowest BCUT2D eigenvalue weighted by Crippen LogP contribution is -2.41. The topological polar surface area (TPSA) is 50.3 Å². The minimum Gasteiger partial charge on any atom is -0.274 e. The SMILES string of the molecule is Cc1cccc(N2C(=O)C3C4c5ccccc5C(c5ccccc54)[C@@H]3C2=O)n1. The molecule has 1 unspecified atom stereocenters. The molecule has 1 saturated heterocycles. The van der Waals surface area contributed by atoms with Crippen LogP contribution < -0.4 is 4.90 Å². The van der Waals surface area contributed by atoms with Crippen LogP contribution in [0.15, 0.2) is 66.7 Å². The van der Waals surface area contributed by atoms with Gasteiger partial charge >= 0.3 is 0 Å². The number of aryl methyl sites for hydroxylation is 1. The van der Waals surface area contributed by atoms with Crippen LogP contribution in [0, 0.1) is 18.8 Å². The number of aromatic nitrogens is 1. The van der Waals surface area contributed by atoms with Crippen LogP contribution in [0.2, 0.25) is 0 Å². The normalized spacial score (nSPS) is 26.8. The molecule has 1 fully saturated rings. The maximum Gasteiger partial charge on any atom is 0.239 e. The van der Waals surface area contributed by atoms with E-state index in [0.717, 1.165) is 5.69 Å². The third-order valence-corrected chi connectivity index (χ3v) is 6.55. The Labute approximate surface area is 162 Å². The van der Waals surface area contributed by atoms with Gasteiger partial charge in [-0.1, -0.05) is 54.6 Å². The highest BCUT2D eigenvalue weighted by Crippen LogP contribution is 2.61. The molecule has 0 N–H and O–H groups in total. The van der Waals surface area contributed by atoms with Crippen LogP contribution in [-0.2, 0) is 9.59 Å². The largest absolute Gasteiger partial charge is 0.274 e. The molecular weight excluding hydrogens is 348 g/mol. The summed E-state index contributed by atoms with van der Waals surface area (Å²) in [7, 11) is 0. The number of pyridine rings is 1. The van der Waals surface area contributed by atoms with Crippen LogP contribution in [0.5, 0.6) is 0 Å². The number of carbonyl (C=O) groups is 2. The van der Waals surface area contributed by atoms with Gasteiger partial charge in [0.15, 0.2) is 0 Å². The molecule has 2 heterocycles. The van der Waals surface area contributed by atoms with Crippen LogP contribution >= 0.6 is 0 Å². The van der Waals surface area contributed by atoms with Crippen LogP contribution in [0.3, 0.4) is 0 Å². The van der Waals surface area contributed by atoms with E-state index in [9.17, 15) is 9.59 Å². The maximum absolute atomic E-state index is 13.5. The molecule has 3 aromatic rings. The average Bonchev–Trinajstić information content (AvgIpc) is 2.99. The summed E-state index contributed by atoms with van der Waals surface area (Å²) in [5.74, 6) is -0.660. The Morgan fingerprint density at radius 2 is 1.14 bits per heavy atom. The fourth-order valence-electron chi connectivity index (χ4n) is 5.56. The summed E-state index contributed by atoms with van der Waals surface area (Å²) >= 11 is 0. The highest BCUT2D eigenvalue weighted by Gasteiger charge is 2.61. The van der Waals surface area contributed by atoms with E-state index in [2.05, 4.69) is 29.2 Å². The van der Waals surface area contributed by atoms with E-state index in [1.54, 1.807) is 6.07 Å². The summed E-state index contributed by atoms with van der Waals surface area (Å²) in [6.07, 6.45) is 0. The average molecular weight is 366 g/mol. The van der Waals surface area contributed by atoms with Gasteiger partial charge in [-0.05, 0) is 41.3 Å². The zero-order valence-corrected chi connectivity index (χ0v) is 15.4. The number of imide groups is 1. The Morgan fingerprint density at radius 1 is 0.679 bits per heavy atom. The van der Waals surface area contributed by atoms with Crippen LogP contribution in [0.25, 0.3) is 0 Å². The Kier molecular flexibility index (Phi) is 3.03. The quantitative estimate of drug-likeness (QED) is 0.616. The number of benzene rings is 2. The minimum absolute atomic E-state index is 0.0753. The summed E-state index contributed by atoms with van der Waals surface area (Å²) in [5, 5.41) is 0. The predicted octanol–water partition coefficient (Wildman–Crippen LogP) is 3.79. The number of nitrogens with zero attached hydrogens (tertiary/aromatic N) is 2. The summed E-state index contributed by atoms with van der Waals surface area (Å²) in [6, 6.07) is 22.0. The van der Waals surface area contributed by atoms with E-state index in [1.807, 2.05) is 43.3 Å². The van der Waals surface area contributed by atoms with Crippen LogP contribution in [0.4, 0.5) is 5.82 Å². The standard InChI is InChI=1S/C24H18N2O2/c1-13-7-6-12-18(25-13)26-23(27)21-19-14-8-2-3-9-15(14)20(22(21)24(26)28)17-11-5-4-10-16(17)19/h2-12,19-22H,1H3/t19?,20?,21-,22?/m0/s1. The molecule has 0 saturated carbocycles. The Morgan fingerprint density at radius 3 is 1.57 bits per heavy atom. The van der Waals surface area contributed by atoms with Crippen LogP contribution in [0.1, 0.15) is 39.8 Å². The van der Waals surface area contributed by atoms with Gasteiger partial charge in [-0.15, -0.1) is 0 Å². The van der Waals surface area contributed by atoms with Crippen molar-refractivity contribution >= 4 is 17.6 Å². The van der Waals surface area contributed by atoms with E-state index in [1.165, 1.54) is 27.2 Å². The molecule has 1 aliphatic heterocycles. The monoisotopic (exact) mass is 366 g/mol. The number of amides is 2. The van der Waals surface area contributed by atoms with Gasteiger partial charge in [0.05, 0.1) is 11.8 Å². The van der Waals surface area contributed by atoms with Crippen molar-refractivity contribution in [3.63, 3.8) is 0 Å². The van der Waals surface area contributed by atoms with Gasteiger partial charge < -0.3 is 0 Å². The van der Waals surface area contributed by atoms with E-state index in [4.69, 9.17) is 0 Å². The third-order valence-electron chi connectivity index (χ3n) is 6.55. The van der Waals surface area contributed by atoms with Crippen molar-refractivity contribution in [1.82, 2.24) is 4.98 Å². The van der Waals surface area contributed by atoms with Gasteiger partial charge in [0.1, 0.15) is 5.82 Å². The number of rotatable bonds is 1. The molecule has 7 rings (SSSR count). The van der Waals surface area contributed by atoms with Crippen molar-refractivity contribution in [1.29, 1.82) is 0 Å². The van der Waals surface area contributed by atoms with Crippen molar-refractivity contribution in [2.45, 2.75) is 18.8 Å². The second-order valence-corrected chi connectivity index (χ2v) is 7.91. The first-order valence-electron chi connectivity index (χ1n) is 9.66. The fraction of sp³-hybridized carbons (Fsp3) is 0.208. The van der Waals surface area contributed by atoms with E-state index < -0.39 is 0 Å². The van der Waals surface area contributed by atoms with E-state index in [-0.39, 0.29) is 35.5 Å². The van der Waals surface area contributed by atoms with Crippen molar-refractivity contribution in [3.8, 4) is 0 Å². The predicted molar refractivity (Wildman–Crippen MR) is 105 cm³/mol. The van der Waals surface area contributed by atoms with Crippen LogP contribution in [-0.4, -0.2) is 16.8 Å². The van der Waals surface area contributed by atoms with Gasteiger partial charge in [-0.25, -0.2) is 9.88 Å². The first-order chi connectivity index (χ1) is 13.7. The molecule has 4 nitrogen and oxygen atoms in total. The molecular formula is C24H18N2O2. The van der Waals surface area contributed by atoms with Gasteiger partial charge in [-0.2, -0.15) is 0 Å². The first-order valence-corrected chi connectivity index (χ1v) is 9.66. The van der Waals surface area contributed by atoms with E-state index >= 15 is 0 Å². The molecule has 2 amide bonds. The van der Waals surface area contributed by atoms with Crippen molar-refractivity contribution in [2.75, 3.05) is 4.90 Å². The molecule has 2 bridgehead atoms. The molecule has 4 aliphatic rings. The summed E-state index contributed by atoms with van der Waals surface area (Å²) in [5.41, 5.74) is 5.54. The maximum atomic E-state index is 13.5. The zero-order valence-electron chi connectivity index (χ0n) is 15.4. The zero-order chi connectivity index (χ0) is 19.0. The molecule has 2 atom stereocenters. The highest BCUT2D eigenvalue weighted by molar-refractivity contribution is 6.23. The molecule has 0 spiro atoms.